The maximum atomic E-state index is 5.41. The van der Waals surface area contributed by atoms with Crippen molar-refractivity contribution in [3.05, 3.63) is 28.5 Å². The molecule has 142 valence electrons. The molecule has 2 aromatic heterocycles. The zero-order chi connectivity index (χ0) is 19.2. The summed E-state index contributed by atoms with van der Waals surface area (Å²) in [5.41, 5.74) is 2.70. The van der Waals surface area contributed by atoms with Crippen molar-refractivity contribution in [2.24, 2.45) is 0 Å². The number of nitrogens with zero attached hydrogens (tertiary/aromatic N) is 3. The van der Waals surface area contributed by atoms with E-state index in [2.05, 4.69) is 39.7 Å². The van der Waals surface area contributed by atoms with Gasteiger partial charge in [0.1, 0.15) is 16.9 Å². The second-order valence-corrected chi connectivity index (χ2v) is 5.80. The average Bonchev–Trinajstić information content (AvgIpc) is 3.23. The van der Waals surface area contributed by atoms with Crippen LogP contribution in [0.25, 0.3) is 11.4 Å². The number of pyridine rings is 1. The first kappa shape index (κ1) is 23.6. The lowest BCUT2D eigenvalue weighted by Gasteiger charge is -2.00. The Morgan fingerprint density at radius 3 is 2.20 bits per heavy atom. The fourth-order valence-corrected chi connectivity index (χ4v) is 2.76. The maximum absolute atomic E-state index is 5.41. The predicted molar refractivity (Wildman–Crippen MR) is 111 cm³/mol. The summed E-state index contributed by atoms with van der Waals surface area (Å²) in [6.45, 7) is 15.9. The van der Waals surface area contributed by atoms with E-state index in [9.17, 15) is 0 Å². The number of rotatable bonds is 3. The number of unbranched alkanes of at least 4 members (excludes halogenated alkanes) is 2. The van der Waals surface area contributed by atoms with Crippen molar-refractivity contribution in [2.45, 2.75) is 74.3 Å². The Kier molecular flexibility index (Phi) is 13.1. The van der Waals surface area contributed by atoms with Gasteiger partial charge >= 0.3 is 0 Å². The molecular weight excluding hydrogens is 378 g/mol. The van der Waals surface area contributed by atoms with E-state index < -0.39 is 0 Å². The van der Waals surface area contributed by atoms with Gasteiger partial charge in [-0.25, -0.2) is 0 Å². The molecule has 0 saturated carbocycles. The topological polar surface area (TPSA) is 39.9 Å². The predicted octanol–water partition coefficient (Wildman–Crippen LogP) is 6.66. The minimum atomic E-state index is 0.671. The van der Waals surface area contributed by atoms with Gasteiger partial charge < -0.3 is 4.74 Å². The summed E-state index contributed by atoms with van der Waals surface area (Å²) in [6.07, 6.45) is 4.08. The summed E-state index contributed by atoms with van der Waals surface area (Å²) in [7, 11) is 0. The Labute approximate surface area is 162 Å². The van der Waals surface area contributed by atoms with Crippen LogP contribution in [0, 0.1) is 6.92 Å². The zero-order valence-electron chi connectivity index (χ0n) is 16.9. The van der Waals surface area contributed by atoms with Gasteiger partial charge in [-0.2, -0.15) is 4.98 Å². The van der Waals surface area contributed by atoms with E-state index in [4.69, 9.17) is 4.74 Å². The van der Waals surface area contributed by atoms with Crippen LogP contribution in [-0.4, -0.2) is 21.1 Å². The number of hydrogen-bond acceptors (Lipinski definition) is 3. The highest BCUT2D eigenvalue weighted by Crippen LogP contribution is 2.32. The van der Waals surface area contributed by atoms with E-state index in [1.807, 2.05) is 57.4 Å². The second-order valence-electron chi connectivity index (χ2n) is 5.05. The third-order valence-corrected chi connectivity index (χ3v) is 4.06. The molecule has 3 rings (SSSR count). The molecule has 0 radical (unpaired) electrons. The van der Waals surface area contributed by atoms with Crippen molar-refractivity contribution in [1.82, 2.24) is 14.5 Å². The fraction of sp³-hybridized carbons (Fsp3) is 0.600. The van der Waals surface area contributed by atoms with E-state index >= 15 is 0 Å². The van der Waals surface area contributed by atoms with E-state index in [-0.39, 0.29) is 0 Å². The van der Waals surface area contributed by atoms with Gasteiger partial charge in [0.25, 0.3) is 6.01 Å². The van der Waals surface area contributed by atoms with Crippen molar-refractivity contribution < 1.29 is 4.74 Å². The van der Waals surface area contributed by atoms with E-state index in [0.29, 0.717) is 12.6 Å². The van der Waals surface area contributed by atoms with Crippen molar-refractivity contribution in [2.75, 3.05) is 6.61 Å². The molecule has 1 aliphatic heterocycles. The molecule has 2 aromatic rings. The van der Waals surface area contributed by atoms with E-state index in [1.165, 1.54) is 19.3 Å². The molecule has 0 aliphatic carbocycles. The van der Waals surface area contributed by atoms with Crippen LogP contribution in [0.2, 0.25) is 0 Å². The Morgan fingerprint density at radius 2 is 1.72 bits per heavy atom. The van der Waals surface area contributed by atoms with Crippen molar-refractivity contribution >= 4 is 15.9 Å². The lowest BCUT2D eigenvalue weighted by atomic mass is 10.2. The molecule has 0 saturated heterocycles. The molecule has 0 fully saturated rings. The highest BCUT2D eigenvalue weighted by atomic mass is 79.9. The zero-order valence-corrected chi connectivity index (χ0v) is 18.5. The Bertz CT molecular complexity index is 595. The number of halogens is 1. The molecule has 3 heterocycles. The monoisotopic (exact) mass is 411 g/mol. The molecule has 1 aliphatic rings. The average molecular weight is 412 g/mol. The van der Waals surface area contributed by atoms with Gasteiger partial charge in [0.15, 0.2) is 0 Å². The third kappa shape index (κ3) is 7.18. The van der Waals surface area contributed by atoms with E-state index in [1.54, 1.807) is 0 Å². The largest absolute Gasteiger partial charge is 0.463 e. The van der Waals surface area contributed by atoms with Crippen molar-refractivity contribution in [3.63, 3.8) is 0 Å². The second kappa shape index (κ2) is 13.9. The highest BCUT2D eigenvalue weighted by molar-refractivity contribution is 9.10. The molecule has 0 atom stereocenters. The maximum Gasteiger partial charge on any atom is 0.298 e. The minimum absolute atomic E-state index is 0.671. The lowest BCUT2D eigenvalue weighted by Crippen LogP contribution is -1.95. The van der Waals surface area contributed by atoms with Gasteiger partial charge in [-0.3, -0.25) is 9.55 Å². The van der Waals surface area contributed by atoms with Gasteiger partial charge in [0.2, 0.25) is 0 Å². The molecule has 0 spiro atoms. The quantitative estimate of drug-likeness (QED) is 0.566. The van der Waals surface area contributed by atoms with Gasteiger partial charge in [0, 0.05) is 5.69 Å². The van der Waals surface area contributed by atoms with Gasteiger partial charge in [-0.05, 0) is 35.0 Å². The summed E-state index contributed by atoms with van der Waals surface area (Å²) in [4.78, 5) is 8.89. The SMILES string of the molecule is CC.CC.CCCCC.Cc1cccc(-c2nc3n(c2Br)CCO3)n1. The number of aromatic nitrogens is 3. The standard InChI is InChI=1S/C11H10BrN3O.C5H12.2C2H6/c1-7-3-2-4-8(13-7)9-10(12)15-5-6-16-11(15)14-9;1-3-5-4-2;2*1-2/h2-4H,5-6H2,1H3;3-5H2,1-2H3;2*1-2H3. The van der Waals surface area contributed by atoms with Crippen LogP contribution in [0.5, 0.6) is 6.01 Å². The molecule has 25 heavy (non-hydrogen) atoms. The highest BCUT2D eigenvalue weighted by Gasteiger charge is 2.22. The van der Waals surface area contributed by atoms with E-state index in [0.717, 1.165) is 28.2 Å². The smallest absolute Gasteiger partial charge is 0.298 e. The summed E-state index contributed by atoms with van der Waals surface area (Å²) < 4.78 is 8.36. The number of ether oxygens (including phenoxy) is 1. The third-order valence-electron chi connectivity index (χ3n) is 3.25. The number of hydrogen-bond donors (Lipinski definition) is 0. The molecule has 5 heteroatoms. The lowest BCUT2D eigenvalue weighted by molar-refractivity contribution is 0.345. The summed E-state index contributed by atoms with van der Waals surface area (Å²) in [6, 6.07) is 6.58. The number of imidazole rings is 1. The molecule has 0 bridgehead atoms. The van der Waals surface area contributed by atoms with Crippen LogP contribution < -0.4 is 4.74 Å². The first-order chi connectivity index (χ1) is 12.2. The summed E-state index contributed by atoms with van der Waals surface area (Å²) >= 11 is 3.54. The first-order valence-electron chi connectivity index (χ1n) is 9.50. The van der Waals surface area contributed by atoms with Crippen LogP contribution in [0.3, 0.4) is 0 Å². The molecular formula is C20H34BrN3O. The van der Waals surface area contributed by atoms with Crippen molar-refractivity contribution in [3.8, 4) is 17.4 Å². The fourth-order valence-electron chi connectivity index (χ4n) is 2.14. The van der Waals surface area contributed by atoms with Gasteiger partial charge in [-0.1, -0.05) is 66.9 Å². The number of aryl methyl sites for hydroxylation is 1. The molecule has 0 N–H and O–H groups in total. The Hall–Kier alpha value is -1.36. The molecule has 0 aromatic carbocycles. The first-order valence-corrected chi connectivity index (χ1v) is 10.3. The Balaban J connectivity index is 0.000000549. The van der Waals surface area contributed by atoms with Crippen molar-refractivity contribution in [1.29, 1.82) is 0 Å². The number of fused-ring (bicyclic) bond motifs is 1. The molecule has 0 unspecified atom stereocenters. The van der Waals surface area contributed by atoms with Crippen LogP contribution >= 0.6 is 15.9 Å². The van der Waals surface area contributed by atoms with Crippen LogP contribution in [0.15, 0.2) is 22.8 Å². The van der Waals surface area contributed by atoms with Crippen LogP contribution in [-0.2, 0) is 6.54 Å². The van der Waals surface area contributed by atoms with Crippen LogP contribution in [0.1, 0.15) is 66.5 Å². The Morgan fingerprint density at radius 1 is 1.08 bits per heavy atom. The van der Waals surface area contributed by atoms with Crippen LogP contribution in [0.4, 0.5) is 0 Å². The normalized spacial score (nSPS) is 10.9. The molecule has 4 nitrogen and oxygen atoms in total. The summed E-state index contributed by atoms with van der Waals surface area (Å²) in [5.74, 6) is 0. The molecule has 0 amide bonds. The van der Waals surface area contributed by atoms with Gasteiger partial charge in [0.05, 0.1) is 12.2 Å². The minimum Gasteiger partial charge on any atom is -0.463 e. The van der Waals surface area contributed by atoms with Gasteiger partial charge in [-0.15, -0.1) is 0 Å². The summed E-state index contributed by atoms with van der Waals surface area (Å²) in [5, 5.41) is 0.